The van der Waals surface area contributed by atoms with Gasteiger partial charge in [-0.25, -0.2) is 0 Å². The molecule has 0 bridgehead atoms. The second kappa shape index (κ2) is 5.83. The summed E-state index contributed by atoms with van der Waals surface area (Å²) in [6.07, 6.45) is 3.07. The van der Waals surface area contributed by atoms with E-state index in [1.54, 1.807) is 0 Å². The number of ether oxygens (including phenoxy) is 1. The standard InChI is InChI=1S/C13H24N2O2/c1-3-12-11(6-8-17-12)13(16)15(4-2)10-5-7-14-9-10/h10-12,14H,3-9H2,1-2H3. The average Bonchev–Trinajstić information content (AvgIpc) is 3.00. The molecule has 2 aliphatic rings. The predicted molar refractivity (Wildman–Crippen MR) is 66.8 cm³/mol. The molecule has 0 aromatic rings. The van der Waals surface area contributed by atoms with Gasteiger partial charge in [0.2, 0.25) is 5.91 Å². The summed E-state index contributed by atoms with van der Waals surface area (Å²) >= 11 is 0. The van der Waals surface area contributed by atoms with Crippen LogP contribution in [-0.4, -0.2) is 49.2 Å². The summed E-state index contributed by atoms with van der Waals surface area (Å²) in [4.78, 5) is 14.6. The third kappa shape index (κ3) is 2.63. The largest absolute Gasteiger partial charge is 0.377 e. The Bertz CT molecular complexity index is 264. The molecule has 0 spiro atoms. The van der Waals surface area contributed by atoms with Crippen molar-refractivity contribution >= 4 is 5.91 Å². The first-order valence-electron chi connectivity index (χ1n) is 6.90. The van der Waals surface area contributed by atoms with Crippen molar-refractivity contribution in [2.24, 2.45) is 5.92 Å². The lowest BCUT2D eigenvalue weighted by Crippen LogP contribution is -2.46. The van der Waals surface area contributed by atoms with Crippen LogP contribution in [0.15, 0.2) is 0 Å². The molecule has 4 nitrogen and oxygen atoms in total. The van der Waals surface area contributed by atoms with Gasteiger partial charge in [-0.05, 0) is 32.7 Å². The fourth-order valence-corrected chi connectivity index (χ4v) is 3.05. The third-order valence-corrected chi connectivity index (χ3v) is 4.03. The van der Waals surface area contributed by atoms with Crippen molar-refractivity contribution in [3.63, 3.8) is 0 Å². The summed E-state index contributed by atoms with van der Waals surface area (Å²) in [7, 11) is 0. The van der Waals surface area contributed by atoms with Crippen LogP contribution in [0.4, 0.5) is 0 Å². The van der Waals surface area contributed by atoms with Crippen LogP contribution in [0.5, 0.6) is 0 Å². The van der Waals surface area contributed by atoms with Crippen LogP contribution in [0.25, 0.3) is 0 Å². The molecule has 17 heavy (non-hydrogen) atoms. The van der Waals surface area contributed by atoms with Gasteiger partial charge in [-0.2, -0.15) is 0 Å². The van der Waals surface area contributed by atoms with Gasteiger partial charge in [0.15, 0.2) is 0 Å². The number of carbonyl (C=O) groups excluding carboxylic acids is 1. The fourth-order valence-electron chi connectivity index (χ4n) is 3.05. The van der Waals surface area contributed by atoms with Gasteiger partial charge < -0.3 is 15.0 Å². The van der Waals surface area contributed by atoms with Crippen molar-refractivity contribution in [2.45, 2.75) is 45.3 Å². The average molecular weight is 240 g/mol. The minimum Gasteiger partial charge on any atom is -0.377 e. The first-order valence-corrected chi connectivity index (χ1v) is 6.90. The number of hydrogen-bond donors (Lipinski definition) is 1. The molecule has 1 amide bonds. The van der Waals surface area contributed by atoms with Crippen molar-refractivity contribution in [3.8, 4) is 0 Å². The molecule has 2 fully saturated rings. The monoisotopic (exact) mass is 240 g/mol. The number of rotatable bonds is 4. The molecule has 0 aromatic carbocycles. The van der Waals surface area contributed by atoms with E-state index in [0.29, 0.717) is 11.9 Å². The van der Waals surface area contributed by atoms with Crippen LogP contribution >= 0.6 is 0 Å². The first-order chi connectivity index (χ1) is 8.27. The van der Waals surface area contributed by atoms with E-state index in [9.17, 15) is 4.79 Å². The summed E-state index contributed by atoms with van der Waals surface area (Å²) < 4.78 is 5.63. The zero-order valence-corrected chi connectivity index (χ0v) is 10.9. The summed E-state index contributed by atoms with van der Waals surface area (Å²) in [5, 5.41) is 3.33. The van der Waals surface area contributed by atoms with Crippen LogP contribution in [0, 0.1) is 5.92 Å². The quantitative estimate of drug-likeness (QED) is 0.797. The van der Waals surface area contributed by atoms with Gasteiger partial charge in [-0.15, -0.1) is 0 Å². The molecule has 3 atom stereocenters. The number of likely N-dealkylation sites (N-methyl/N-ethyl adjacent to an activating group) is 1. The molecule has 3 unspecified atom stereocenters. The van der Waals surface area contributed by atoms with Crippen LogP contribution in [0.2, 0.25) is 0 Å². The Hall–Kier alpha value is -0.610. The van der Waals surface area contributed by atoms with Gasteiger partial charge in [-0.1, -0.05) is 6.92 Å². The molecular weight excluding hydrogens is 216 g/mol. The molecular formula is C13H24N2O2. The zero-order valence-electron chi connectivity index (χ0n) is 10.9. The Morgan fingerprint density at radius 3 is 2.82 bits per heavy atom. The van der Waals surface area contributed by atoms with E-state index in [0.717, 1.165) is 45.5 Å². The van der Waals surface area contributed by atoms with Crippen molar-refractivity contribution in [1.29, 1.82) is 0 Å². The van der Waals surface area contributed by atoms with Crippen molar-refractivity contribution in [2.75, 3.05) is 26.2 Å². The first kappa shape index (κ1) is 12.8. The van der Waals surface area contributed by atoms with Crippen LogP contribution in [0.3, 0.4) is 0 Å². The van der Waals surface area contributed by atoms with Crippen molar-refractivity contribution in [3.05, 3.63) is 0 Å². The maximum absolute atomic E-state index is 12.6. The second-order valence-electron chi connectivity index (χ2n) is 4.98. The molecule has 0 aromatic heterocycles. The summed E-state index contributed by atoms with van der Waals surface area (Å²) in [5.74, 6) is 0.408. The molecule has 2 rings (SSSR count). The summed E-state index contributed by atoms with van der Waals surface area (Å²) in [6, 6.07) is 0.394. The Labute approximate surface area is 104 Å². The summed E-state index contributed by atoms with van der Waals surface area (Å²) in [6.45, 7) is 7.72. The number of carbonyl (C=O) groups is 1. The highest BCUT2D eigenvalue weighted by atomic mass is 16.5. The minimum atomic E-state index is 0.0977. The lowest BCUT2D eigenvalue weighted by Gasteiger charge is -2.31. The molecule has 0 radical (unpaired) electrons. The highest BCUT2D eigenvalue weighted by Crippen LogP contribution is 2.26. The van der Waals surface area contributed by atoms with Gasteiger partial charge in [0.25, 0.3) is 0 Å². The third-order valence-electron chi connectivity index (χ3n) is 4.03. The van der Waals surface area contributed by atoms with Crippen molar-refractivity contribution < 1.29 is 9.53 Å². The number of hydrogen-bond acceptors (Lipinski definition) is 3. The van der Waals surface area contributed by atoms with Crippen molar-refractivity contribution in [1.82, 2.24) is 10.2 Å². The maximum Gasteiger partial charge on any atom is 0.228 e. The Morgan fingerprint density at radius 1 is 1.41 bits per heavy atom. The number of nitrogens with zero attached hydrogens (tertiary/aromatic N) is 1. The maximum atomic E-state index is 12.6. The fraction of sp³-hybridized carbons (Fsp3) is 0.923. The Kier molecular flexibility index (Phi) is 4.40. The second-order valence-corrected chi connectivity index (χ2v) is 4.98. The van der Waals surface area contributed by atoms with Gasteiger partial charge in [0.1, 0.15) is 0 Å². The predicted octanol–water partition coefficient (Wildman–Crippen LogP) is 1.01. The molecule has 2 saturated heterocycles. The smallest absolute Gasteiger partial charge is 0.228 e. The molecule has 4 heteroatoms. The molecule has 2 aliphatic heterocycles. The molecule has 0 aliphatic carbocycles. The SMILES string of the molecule is CCC1OCCC1C(=O)N(CC)C1CCNC1. The number of amides is 1. The Balaban J connectivity index is 2.00. The van der Waals surface area contributed by atoms with Gasteiger partial charge in [0, 0.05) is 25.7 Å². The van der Waals surface area contributed by atoms with Gasteiger partial charge in [0.05, 0.1) is 12.0 Å². The molecule has 1 N–H and O–H groups in total. The minimum absolute atomic E-state index is 0.0977. The van der Waals surface area contributed by atoms with Crippen LogP contribution in [-0.2, 0) is 9.53 Å². The topological polar surface area (TPSA) is 41.6 Å². The van der Waals surface area contributed by atoms with E-state index in [1.807, 2.05) is 0 Å². The Morgan fingerprint density at radius 2 is 2.24 bits per heavy atom. The highest BCUT2D eigenvalue weighted by molar-refractivity contribution is 5.80. The van der Waals surface area contributed by atoms with E-state index in [-0.39, 0.29) is 12.0 Å². The van der Waals surface area contributed by atoms with Crippen LogP contribution < -0.4 is 5.32 Å². The lowest BCUT2D eigenvalue weighted by molar-refractivity contribution is -0.139. The highest BCUT2D eigenvalue weighted by Gasteiger charge is 2.37. The van der Waals surface area contributed by atoms with E-state index in [1.165, 1.54) is 0 Å². The molecule has 98 valence electrons. The summed E-state index contributed by atoms with van der Waals surface area (Å²) in [5.41, 5.74) is 0. The van der Waals surface area contributed by atoms with Gasteiger partial charge in [-0.3, -0.25) is 4.79 Å². The van der Waals surface area contributed by atoms with E-state index >= 15 is 0 Å². The molecule has 2 heterocycles. The van der Waals surface area contributed by atoms with E-state index < -0.39 is 0 Å². The zero-order chi connectivity index (χ0) is 12.3. The van der Waals surface area contributed by atoms with Crippen LogP contribution in [0.1, 0.15) is 33.1 Å². The number of nitrogens with one attached hydrogen (secondary N) is 1. The van der Waals surface area contributed by atoms with E-state index in [4.69, 9.17) is 4.74 Å². The normalized spacial score (nSPS) is 32.9. The van der Waals surface area contributed by atoms with E-state index in [2.05, 4.69) is 24.1 Å². The lowest BCUT2D eigenvalue weighted by atomic mass is 9.97. The molecule has 0 saturated carbocycles. The van der Waals surface area contributed by atoms with Gasteiger partial charge >= 0.3 is 0 Å².